The lowest BCUT2D eigenvalue weighted by Gasteiger charge is -2.26. The van der Waals surface area contributed by atoms with Crippen molar-refractivity contribution in [3.8, 4) is 0 Å². The molecule has 0 aliphatic rings. The van der Waals surface area contributed by atoms with E-state index in [-0.39, 0.29) is 0 Å². The van der Waals surface area contributed by atoms with Gasteiger partial charge in [-0.05, 0) is 26.3 Å². The van der Waals surface area contributed by atoms with Crippen molar-refractivity contribution in [2.75, 3.05) is 32.9 Å². The summed E-state index contributed by atoms with van der Waals surface area (Å²) in [6.07, 6.45) is 0. The highest BCUT2D eigenvalue weighted by Gasteiger charge is 2.37. The van der Waals surface area contributed by atoms with Crippen LogP contribution in [0.25, 0.3) is 0 Å². The molecule has 0 radical (unpaired) electrons. The van der Waals surface area contributed by atoms with E-state index in [2.05, 4.69) is 17.4 Å². The first-order valence-electron chi connectivity index (χ1n) is 8.54. The van der Waals surface area contributed by atoms with E-state index in [4.69, 9.17) is 19.0 Å². The van der Waals surface area contributed by atoms with Gasteiger partial charge in [0.15, 0.2) is 0 Å². The highest BCUT2D eigenvalue weighted by Crippen LogP contribution is 2.14. The summed E-state index contributed by atoms with van der Waals surface area (Å²) in [6, 6.07) is 11.2. The first-order chi connectivity index (χ1) is 11.2. The Kier molecular flexibility index (Phi) is 14.3. The van der Waals surface area contributed by atoms with E-state index in [1.54, 1.807) is 0 Å². The van der Waals surface area contributed by atoms with Gasteiger partial charge in [-0.2, -0.15) is 0 Å². The van der Waals surface area contributed by atoms with Crippen LogP contribution in [0.2, 0.25) is 6.04 Å². The van der Waals surface area contributed by atoms with E-state index in [1.165, 1.54) is 5.56 Å². The molecular formula is C17H34N2O3Si. The Morgan fingerprint density at radius 2 is 1.43 bits per heavy atom. The normalized spacial score (nSPS) is 11.0. The largest absolute Gasteiger partial charge is 0.500 e. The SMILES string of the molecule is CCO[Si](CC)(OCC)OCC.NCCNCc1ccccc1. The van der Waals surface area contributed by atoms with Crippen molar-refractivity contribution in [3.05, 3.63) is 35.9 Å². The molecule has 134 valence electrons. The summed E-state index contributed by atoms with van der Waals surface area (Å²) >= 11 is 0. The third-order valence-corrected chi connectivity index (χ3v) is 6.07. The second kappa shape index (κ2) is 14.8. The van der Waals surface area contributed by atoms with Crippen LogP contribution in [-0.4, -0.2) is 41.7 Å². The Balaban J connectivity index is 0.000000422. The maximum Gasteiger partial charge on any atom is 0.500 e. The average molecular weight is 343 g/mol. The van der Waals surface area contributed by atoms with Gasteiger partial charge in [0, 0.05) is 45.5 Å². The Hall–Kier alpha value is -0.763. The summed E-state index contributed by atoms with van der Waals surface area (Å²) in [5, 5.41) is 3.23. The van der Waals surface area contributed by atoms with E-state index in [0.29, 0.717) is 26.4 Å². The summed E-state index contributed by atoms with van der Waals surface area (Å²) in [7, 11) is -2.27. The zero-order valence-corrected chi connectivity index (χ0v) is 16.1. The lowest BCUT2D eigenvalue weighted by molar-refractivity contribution is 0.0725. The molecule has 0 aliphatic carbocycles. The molecule has 0 aromatic heterocycles. The van der Waals surface area contributed by atoms with Crippen molar-refractivity contribution in [3.63, 3.8) is 0 Å². The molecule has 0 fully saturated rings. The first-order valence-corrected chi connectivity index (χ1v) is 10.5. The van der Waals surface area contributed by atoms with Crippen LogP contribution >= 0.6 is 0 Å². The number of rotatable bonds is 11. The zero-order valence-electron chi connectivity index (χ0n) is 15.1. The summed E-state index contributed by atoms with van der Waals surface area (Å²) in [6.45, 7) is 12.5. The second-order valence-corrected chi connectivity index (χ2v) is 7.73. The molecule has 1 aromatic rings. The molecule has 23 heavy (non-hydrogen) atoms. The van der Waals surface area contributed by atoms with Gasteiger partial charge in [-0.25, -0.2) is 0 Å². The molecule has 0 unspecified atom stereocenters. The van der Waals surface area contributed by atoms with Crippen molar-refractivity contribution in [1.82, 2.24) is 5.32 Å². The van der Waals surface area contributed by atoms with Gasteiger partial charge in [0.2, 0.25) is 0 Å². The molecule has 0 saturated carbocycles. The molecule has 0 amide bonds. The lowest BCUT2D eigenvalue weighted by Crippen LogP contribution is -2.45. The summed E-state index contributed by atoms with van der Waals surface area (Å²) in [5.41, 5.74) is 6.64. The van der Waals surface area contributed by atoms with Gasteiger partial charge >= 0.3 is 8.80 Å². The molecule has 0 atom stereocenters. The van der Waals surface area contributed by atoms with E-state index >= 15 is 0 Å². The van der Waals surface area contributed by atoms with Crippen molar-refractivity contribution < 1.29 is 13.3 Å². The smallest absolute Gasteiger partial charge is 0.374 e. The third kappa shape index (κ3) is 10.6. The highest BCUT2D eigenvalue weighted by molar-refractivity contribution is 6.60. The molecular weight excluding hydrogens is 308 g/mol. The minimum absolute atomic E-state index is 0.667. The zero-order chi connectivity index (χ0) is 17.4. The predicted octanol–water partition coefficient (Wildman–Crippen LogP) is 2.79. The molecule has 1 aromatic carbocycles. The van der Waals surface area contributed by atoms with Gasteiger partial charge in [-0.1, -0.05) is 37.3 Å². The topological polar surface area (TPSA) is 65.7 Å². The fourth-order valence-electron chi connectivity index (χ4n) is 2.02. The monoisotopic (exact) mass is 342 g/mol. The number of nitrogens with two attached hydrogens (primary N) is 1. The first kappa shape index (κ1) is 22.2. The Bertz CT molecular complexity index is 349. The molecule has 0 heterocycles. The van der Waals surface area contributed by atoms with Crippen LogP contribution in [0.4, 0.5) is 0 Å². The van der Waals surface area contributed by atoms with Gasteiger partial charge < -0.3 is 24.3 Å². The van der Waals surface area contributed by atoms with Crippen molar-refractivity contribution in [2.24, 2.45) is 5.73 Å². The van der Waals surface area contributed by atoms with Gasteiger partial charge in [0.05, 0.1) is 0 Å². The molecule has 5 nitrogen and oxygen atoms in total. The average Bonchev–Trinajstić information content (AvgIpc) is 2.57. The third-order valence-electron chi connectivity index (χ3n) is 3.02. The van der Waals surface area contributed by atoms with E-state index in [1.807, 2.05) is 45.9 Å². The lowest BCUT2D eigenvalue weighted by atomic mass is 10.2. The van der Waals surface area contributed by atoms with Crippen molar-refractivity contribution in [2.45, 2.75) is 40.3 Å². The number of nitrogens with one attached hydrogen (secondary N) is 1. The van der Waals surface area contributed by atoms with E-state index < -0.39 is 8.80 Å². The quantitative estimate of drug-likeness (QED) is 0.478. The molecule has 0 aliphatic heterocycles. The molecule has 0 saturated heterocycles. The summed E-state index contributed by atoms with van der Waals surface area (Å²) in [5.74, 6) is 0. The summed E-state index contributed by atoms with van der Waals surface area (Å²) < 4.78 is 16.7. The standard InChI is InChI=1S/C9H14N2.C8H20O3Si/c10-6-7-11-8-9-4-2-1-3-5-9;1-5-9-12(8-4,10-6-2)11-7-3/h1-5,11H,6-8,10H2;5-8H2,1-4H3. The van der Waals surface area contributed by atoms with Crippen molar-refractivity contribution in [1.29, 1.82) is 0 Å². The summed E-state index contributed by atoms with van der Waals surface area (Å²) in [4.78, 5) is 0. The van der Waals surface area contributed by atoms with Crippen LogP contribution < -0.4 is 11.1 Å². The minimum atomic E-state index is -2.27. The van der Waals surface area contributed by atoms with Crippen LogP contribution in [0.5, 0.6) is 0 Å². The van der Waals surface area contributed by atoms with Crippen LogP contribution in [0.1, 0.15) is 33.3 Å². The Morgan fingerprint density at radius 1 is 0.913 bits per heavy atom. The number of hydrogen-bond donors (Lipinski definition) is 2. The van der Waals surface area contributed by atoms with Crippen LogP contribution in [0.3, 0.4) is 0 Å². The number of hydrogen-bond acceptors (Lipinski definition) is 5. The molecule has 0 spiro atoms. The second-order valence-electron chi connectivity index (χ2n) is 4.79. The number of benzene rings is 1. The molecule has 6 heteroatoms. The minimum Gasteiger partial charge on any atom is -0.374 e. The van der Waals surface area contributed by atoms with Crippen molar-refractivity contribution >= 4 is 8.80 Å². The van der Waals surface area contributed by atoms with Gasteiger partial charge in [0.1, 0.15) is 0 Å². The molecule has 1 rings (SSSR count). The fraction of sp³-hybridized carbons (Fsp3) is 0.647. The van der Waals surface area contributed by atoms with Gasteiger partial charge in [-0.3, -0.25) is 0 Å². The Labute approximate surface area is 142 Å². The Morgan fingerprint density at radius 3 is 1.83 bits per heavy atom. The van der Waals surface area contributed by atoms with Gasteiger partial charge in [0.25, 0.3) is 0 Å². The van der Waals surface area contributed by atoms with E-state index in [0.717, 1.165) is 19.1 Å². The van der Waals surface area contributed by atoms with Crippen LogP contribution in [0.15, 0.2) is 30.3 Å². The molecule has 3 N–H and O–H groups in total. The predicted molar refractivity (Wildman–Crippen MR) is 98.3 cm³/mol. The highest BCUT2D eigenvalue weighted by atomic mass is 28.4. The van der Waals surface area contributed by atoms with Gasteiger partial charge in [-0.15, -0.1) is 0 Å². The maximum absolute atomic E-state index is 5.55. The fourth-order valence-corrected chi connectivity index (χ4v) is 4.20. The maximum atomic E-state index is 5.55. The molecule has 0 bridgehead atoms. The van der Waals surface area contributed by atoms with Crippen LogP contribution in [0, 0.1) is 0 Å². The van der Waals surface area contributed by atoms with Crippen LogP contribution in [-0.2, 0) is 19.8 Å². The van der Waals surface area contributed by atoms with E-state index in [9.17, 15) is 0 Å².